The van der Waals surface area contributed by atoms with Gasteiger partial charge in [0.05, 0.1) is 5.52 Å². The van der Waals surface area contributed by atoms with Crippen LogP contribution in [-0.2, 0) is 0 Å². The first-order valence-electron chi connectivity index (χ1n) is 6.26. The van der Waals surface area contributed by atoms with Crippen molar-refractivity contribution in [3.63, 3.8) is 0 Å². The number of para-hydroxylation sites is 1. The zero-order valence-electron chi connectivity index (χ0n) is 10.4. The average Bonchev–Trinajstić information content (AvgIpc) is 2.35. The lowest BCUT2D eigenvalue weighted by atomic mass is 9.92. The van der Waals surface area contributed by atoms with Gasteiger partial charge in [-0.15, -0.1) is 0 Å². The molecule has 3 N–H and O–H groups in total. The third kappa shape index (κ3) is 1.76. The fourth-order valence-corrected chi connectivity index (χ4v) is 2.34. The lowest BCUT2D eigenvalue weighted by Crippen LogP contribution is -2.37. The Bertz CT molecular complexity index is 564. The van der Waals surface area contributed by atoms with Crippen LogP contribution in [0.4, 0.5) is 11.8 Å². The van der Waals surface area contributed by atoms with Crippen LogP contribution in [0.2, 0.25) is 0 Å². The monoisotopic (exact) mass is 243 g/mol. The van der Waals surface area contributed by atoms with E-state index >= 15 is 0 Å². The second-order valence-corrected chi connectivity index (χ2v) is 4.73. The third-order valence-electron chi connectivity index (χ3n) is 3.67. The molecule has 0 saturated heterocycles. The molecule has 0 amide bonds. The van der Waals surface area contributed by atoms with Gasteiger partial charge in [-0.25, -0.2) is 10.8 Å². The van der Waals surface area contributed by atoms with Crippen LogP contribution >= 0.6 is 0 Å². The van der Waals surface area contributed by atoms with E-state index in [0.717, 1.165) is 16.7 Å². The van der Waals surface area contributed by atoms with E-state index in [1.807, 2.05) is 18.2 Å². The highest BCUT2D eigenvalue weighted by Gasteiger charge is 2.24. The van der Waals surface area contributed by atoms with Crippen LogP contribution in [0.5, 0.6) is 0 Å². The molecule has 1 aliphatic rings. The van der Waals surface area contributed by atoms with Crippen molar-refractivity contribution in [2.75, 3.05) is 17.4 Å². The van der Waals surface area contributed by atoms with E-state index in [9.17, 15) is 0 Å². The molecule has 1 saturated carbocycles. The van der Waals surface area contributed by atoms with E-state index in [2.05, 4.69) is 33.4 Å². The van der Waals surface area contributed by atoms with Crippen LogP contribution in [0.25, 0.3) is 10.9 Å². The molecule has 5 nitrogen and oxygen atoms in total. The Kier molecular flexibility index (Phi) is 2.76. The number of fused-ring (bicyclic) bond motifs is 1. The number of anilines is 2. The number of nitrogens with one attached hydrogen (secondary N) is 1. The molecule has 0 unspecified atom stereocenters. The molecule has 94 valence electrons. The number of hydrogen-bond donors (Lipinski definition) is 2. The summed E-state index contributed by atoms with van der Waals surface area (Å²) >= 11 is 0. The van der Waals surface area contributed by atoms with Crippen LogP contribution in [0.15, 0.2) is 24.3 Å². The highest BCUT2D eigenvalue weighted by molar-refractivity contribution is 5.90. The van der Waals surface area contributed by atoms with Crippen LogP contribution in [0, 0.1) is 0 Å². The van der Waals surface area contributed by atoms with Gasteiger partial charge in [-0.1, -0.05) is 12.1 Å². The van der Waals surface area contributed by atoms with Gasteiger partial charge in [0.1, 0.15) is 5.82 Å². The zero-order valence-corrected chi connectivity index (χ0v) is 10.4. The molecular formula is C13H17N5. The normalized spacial score (nSPS) is 15.4. The second-order valence-electron chi connectivity index (χ2n) is 4.73. The van der Waals surface area contributed by atoms with Crippen molar-refractivity contribution in [3.8, 4) is 0 Å². The van der Waals surface area contributed by atoms with Crippen molar-refractivity contribution in [2.45, 2.75) is 25.3 Å². The van der Waals surface area contributed by atoms with Crippen molar-refractivity contribution >= 4 is 22.7 Å². The maximum absolute atomic E-state index is 5.44. The summed E-state index contributed by atoms with van der Waals surface area (Å²) in [7, 11) is 2.10. The number of rotatable bonds is 3. The standard InChI is InChI=1S/C13H17N5/c1-18(9-5-4-6-9)12-10-7-2-3-8-11(10)15-13(16-12)17-14/h2-3,7-9H,4-6,14H2,1H3,(H,15,16,17). The number of nitrogens with zero attached hydrogens (tertiary/aromatic N) is 3. The Labute approximate surface area is 106 Å². The average molecular weight is 243 g/mol. The van der Waals surface area contributed by atoms with Crippen molar-refractivity contribution in [3.05, 3.63) is 24.3 Å². The van der Waals surface area contributed by atoms with Gasteiger partial charge in [-0.05, 0) is 31.4 Å². The number of aromatic nitrogens is 2. The van der Waals surface area contributed by atoms with Gasteiger partial charge in [0.2, 0.25) is 5.95 Å². The number of hydrazine groups is 1. The first-order chi connectivity index (χ1) is 8.79. The van der Waals surface area contributed by atoms with Gasteiger partial charge in [0, 0.05) is 18.5 Å². The lowest BCUT2D eigenvalue weighted by molar-refractivity contribution is 0.400. The maximum atomic E-state index is 5.44. The van der Waals surface area contributed by atoms with Gasteiger partial charge < -0.3 is 4.90 Å². The predicted molar refractivity (Wildman–Crippen MR) is 73.4 cm³/mol. The number of nitrogen functional groups attached to an aromatic ring is 1. The van der Waals surface area contributed by atoms with Gasteiger partial charge >= 0.3 is 0 Å². The molecule has 0 radical (unpaired) electrons. The molecule has 1 fully saturated rings. The quantitative estimate of drug-likeness (QED) is 0.636. The molecule has 5 heteroatoms. The van der Waals surface area contributed by atoms with Crippen molar-refractivity contribution < 1.29 is 0 Å². The largest absolute Gasteiger partial charge is 0.356 e. The van der Waals surface area contributed by atoms with E-state index in [-0.39, 0.29) is 0 Å². The Morgan fingerprint density at radius 2 is 2.06 bits per heavy atom. The third-order valence-corrected chi connectivity index (χ3v) is 3.67. The van der Waals surface area contributed by atoms with Crippen LogP contribution in [-0.4, -0.2) is 23.1 Å². The highest BCUT2D eigenvalue weighted by Crippen LogP contribution is 2.31. The summed E-state index contributed by atoms with van der Waals surface area (Å²) in [6.45, 7) is 0. The molecule has 1 aromatic heterocycles. The highest BCUT2D eigenvalue weighted by atomic mass is 15.3. The summed E-state index contributed by atoms with van der Waals surface area (Å²) in [5.41, 5.74) is 3.46. The molecule has 1 aromatic carbocycles. The van der Waals surface area contributed by atoms with Crippen LogP contribution in [0.1, 0.15) is 19.3 Å². The summed E-state index contributed by atoms with van der Waals surface area (Å²) in [5, 5.41) is 1.07. The predicted octanol–water partition coefficient (Wildman–Crippen LogP) is 1.90. The van der Waals surface area contributed by atoms with Crippen LogP contribution in [0.3, 0.4) is 0 Å². The van der Waals surface area contributed by atoms with E-state index < -0.39 is 0 Å². The first kappa shape index (κ1) is 11.2. The summed E-state index contributed by atoms with van der Waals surface area (Å²) in [4.78, 5) is 11.1. The zero-order chi connectivity index (χ0) is 12.5. The molecule has 3 rings (SSSR count). The topological polar surface area (TPSA) is 67.1 Å². The molecule has 1 heterocycles. The number of nitrogens with two attached hydrogens (primary N) is 1. The molecule has 0 atom stereocenters. The summed E-state index contributed by atoms with van der Waals surface area (Å²) in [6, 6.07) is 8.62. The Balaban J connectivity index is 2.12. The van der Waals surface area contributed by atoms with Gasteiger partial charge in [-0.2, -0.15) is 4.98 Å². The first-order valence-corrected chi connectivity index (χ1v) is 6.26. The van der Waals surface area contributed by atoms with E-state index in [0.29, 0.717) is 12.0 Å². The second kappa shape index (κ2) is 4.42. The lowest BCUT2D eigenvalue weighted by Gasteiger charge is -2.36. The summed E-state index contributed by atoms with van der Waals surface area (Å²) < 4.78 is 0. The minimum atomic E-state index is 0.467. The minimum Gasteiger partial charge on any atom is -0.356 e. The fourth-order valence-electron chi connectivity index (χ4n) is 2.34. The molecule has 0 aliphatic heterocycles. The molecule has 18 heavy (non-hydrogen) atoms. The van der Waals surface area contributed by atoms with E-state index in [1.165, 1.54) is 19.3 Å². The van der Waals surface area contributed by atoms with Gasteiger partial charge in [0.15, 0.2) is 0 Å². The van der Waals surface area contributed by atoms with Gasteiger partial charge in [0.25, 0.3) is 0 Å². The number of hydrogen-bond acceptors (Lipinski definition) is 5. The van der Waals surface area contributed by atoms with Crippen molar-refractivity contribution in [2.24, 2.45) is 5.84 Å². The maximum Gasteiger partial charge on any atom is 0.239 e. The molecule has 0 bridgehead atoms. The van der Waals surface area contributed by atoms with Crippen LogP contribution < -0.4 is 16.2 Å². The molecule has 2 aromatic rings. The van der Waals surface area contributed by atoms with E-state index in [1.54, 1.807) is 0 Å². The summed E-state index contributed by atoms with van der Waals surface area (Å²) in [5.74, 6) is 6.86. The van der Waals surface area contributed by atoms with Crippen molar-refractivity contribution in [1.29, 1.82) is 0 Å². The Morgan fingerprint density at radius 1 is 1.28 bits per heavy atom. The molecule has 1 aliphatic carbocycles. The summed E-state index contributed by atoms with van der Waals surface area (Å²) in [6.07, 6.45) is 3.78. The minimum absolute atomic E-state index is 0.467. The van der Waals surface area contributed by atoms with E-state index in [4.69, 9.17) is 5.84 Å². The SMILES string of the molecule is CN(c1nc(NN)nc2ccccc12)C1CCC1. The van der Waals surface area contributed by atoms with Crippen molar-refractivity contribution in [1.82, 2.24) is 9.97 Å². The smallest absolute Gasteiger partial charge is 0.239 e. The Morgan fingerprint density at radius 3 is 2.72 bits per heavy atom. The van der Waals surface area contributed by atoms with Gasteiger partial charge in [-0.3, -0.25) is 5.43 Å². The molecular weight excluding hydrogens is 226 g/mol. The number of benzene rings is 1. The molecule has 0 spiro atoms. The fraction of sp³-hybridized carbons (Fsp3) is 0.385. The Hall–Kier alpha value is -1.88.